The molecule has 174 valence electrons. The van der Waals surface area contributed by atoms with Gasteiger partial charge in [-0.2, -0.15) is 12.7 Å². The molecule has 0 atom stereocenters. The molecule has 0 aliphatic carbocycles. The molecule has 0 unspecified atom stereocenters. The second kappa shape index (κ2) is 8.59. The van der Waals surface area contributed by atoms with E-state index in [1.165, 1.54) is 17.7 Å². The topological polar surface area (TPSA) is 59.6 Å². The third-order valence-electron chi connectivity index (χ3n) is 6.58. The quantitative estimate of drug-likeness (QED) is 0.605. The number of nitrogens with one attached hydrogen (secondary N) is 1. The highest BCUT2D eigenvalue weighted by Gasteiger charge is 2.37. The van der Waals surface area contributed by atoms with Gasteiger partial charge < -0.3 is 4.98 Å². The third kappa shape index (κ3) is 4.07. The zero-order valence-corrected chi connectivity index (χ0v) is 19.8. The Kier molecular flexibility index (Phi) is 5.76. The van der Waals surface area contributed by atoms with Crippen molar-refractivity contribution in [3.63, 3.8) is 0 Å². The van der Waals surface area contributed by atoms with Gasteiger partial charge in [0.05, 0.1) is 5.69 Å². The summed E-state index contributed by atoms with van der Waals surface area (Å²) >= 11 is 0. The number of para-hydroxylation sites is 1. The highest BCUT2D eigenvalue weighted by atomic mass is 32.2. The lowest BCUT2D eigenvalue weighted by Crippen LogP contribution is -2.52. The maximum atomic E-state index is 13.6. The molecule has 3 heterocycles. The van der Waals surface area contributed by atoms with Crippen molar-refractivity contribution in [2.75, 3.05) is 30.5 Å². The standard InChI is InChI=1S/C25H29FN4O2S/c1-18(2)30-17-20-6-3-4-8-25(20)29(33(30,31)32)13-12-28-11-5-7-19(16-28)23-15-27-24-14-21(26)9-10-22(23)24/h3-4,6-10,14-15,18,27H,5,11-13,16-17H2,1-2H3. The minimum atomic E-state index is -3.58. The van der Waals surface area contributed by atoms with E-state index in [9.17, 15) is 12.8 Å². The number of fused-ring (bicyclic) bond motifs is 2. The minimum Gasteiger partial charge on any atom is -0.360 e. The van der Waals surface area contributed by atoms with Crippen LogP contribution in [0.15, 0.2) is 54.7 Å². The molecule has 6 nitrogen and oxygen atoms in total. The predicted molar refractivity (Wildman–Crippen MR) is 131 cm³/mol. The Labute approximate surface area is 194 Å². The number of benzene rings is 2. The molecule has 2 aliphatic rings. The second-order valence-electron chi connectivity index (χ2n) is 9.03. The van der Waals surface area contributed by atoms with E-state index in [4.69, 9.17) is 0 Å². The molecule has 0 amide bonds. The van der Waals surface area contributed by atoms with Crippen LogP contribution in [0.25, 0.3) is 16.5 Å². The minimum absolute atomic E-state index is 0.109. The molecular formula is C25H29FN4O2S. The molecular weight excluding hydrogens is 439 g/mol. The van der Waals surface area contributed by atoms with E-state index in [-0.39, 0.29) is 11.9 Å². The Bertz CT molecular complexity index is 1310. The van der Waals surface area contributed by atoms with Crippen molar-refractivity contribution in [1.29, 1.82) is 0 Å². The molecule has 0 radical (unpaired) electrons. The van der Waals surface area contributed by atoms with Crippen LogP contribution in [0.5, 0.6) is 0 Å². The fourth-order valence-corrected chi connectivity index (χ4v) is 6.69. The lowest BCUT2D eigenvalue weighted by atomic mass is 10.0. The summed E-state index contributed by atoms with van der Waals surface area (Å²) in [5.74, 6) is -0.256. The van der Waals surface area contributed by atoms with Crippen LogP contribution in [0.3, 0.4) is 0 Å². The van der Waals surface area contributed by atoms with Gasteiger partial charge in [0.2, 0.25) is 0 Å². The van der Waals surface area contributed by atoms with Crippen molar-refractivity contribution in [3.8, 4) is 0 Å². The van der Waals surface area contributed by atoms with Crippen molar-refractivity contribution in [1.82, 2.24) is 14.2 Å². The average Bonchev–Trinajstić information content (AvgIpc) is 3.21. The van der Waals surface area contributed by atoms with Crippen molar-refractivity contribution < 1.29 is 12.8 Å². The van der Waals surface area contributed by atoms with Crippen molar-refractivity contribution in [3.05, 3.63) is 71.7 Å². The largest absolute Gasteiger partial charge is 0.360 e. The molecule has 0 bridgehead atoms. The van der Waals surface area contributed by atoms with E-state index >= 15 is 0 Å². The van der Waals surface area contributed by atoms with E-state index in [2.05, 4.69) is 16.0 Å². The van der Waals surface area contributed by atoms with Crippen LogP contribution < -0.4 is 4.31 Å². The second-order valence-corrected chi connectivity index (χ2v) is 10.8. The summed E-state index contributed by atoms with van der Waals surface area (Å²) in [6, 6.07) is 12.5. The summed E-state index contributed by atoms with van der Waals surface area (Å²) in [5, 5.41) is 1.00. The monoisotopic (exact) mass is 468 g/mol. The van der Waals surface area contributed by atoms with Crippen LogP contribution in [0.2, 0.25) is 0 Å². The Morgan fingerprint density at radius 2 is 1.91 bits per heavy atom. The molecule has 2 aliphatic heterocycles. The van der Waals surface area contributed by atoms with Gasteiger partial charge in [-0.15, -0.1) is 0 Å². The maximum Gasteiger partial charge on any atom is 0.304 e. The summed E-state index contributed by atoms with van der Waals surface area (Å²) in [6.07, 6.45) is 5.06. The molecule has 33 heavy (non-hydrogen) atoms. The molecule has 5 rings (SSSR count). The SMILES string of the molecule is CC(C)N1Cc2ccccc2N(CCN2CCC=C(c3c[nH]c4cc(F)ccc34)C2)S1(=O)=O. The van der Waals surface area contributed by atoms with Gasteiger partial charge in [-0.3, -0.25) is 9.21 Å². The lowest BCUT2D eigenvalue weighted by molar-refractivity contribution is 0.307. The predicted octanol–water partition coefficient (Wildman–Crippen LogP) is 4.37. The van der Waals surface area contributed by atoms with E-state index < -0.39 is 10.2 Å². The number of aromatic nitrogens is 1. The van der Waals surface area contributed by atoms with Gasteiger partial charge in [0, 0.05) is 61.4 Å². The smallest absolute Gasteiger partial charge is 0.304 e. The van der Waals surface area contributed by atoms with Crippen LogP contribution in [0.1, 0.15) is 31.4 Å². The zero-order chi connectivity index (χ0) is 23.2. The van der Waals surface area contributed by atoms with E-state index in [0.717, 1.165) is 47.2 Å². The summed E-state index contributed by atoms with van der Waals surface area (Å²) < 4.78 is 43.5. The highest BCUT2D eigenvalue weighted by Crippen LogP contribution is 2.34. The van der Waals surface area contributed by atoms with Gasteiger partial charge in [0.25, 0.3) is 0 Å². The van der Waals surface area contributed by atoms with Crippen molar-refractivity contribution in [2.24, 2.45) is 0 Å². The first kappa shape index (κ1) is 22.1. The fourth-order valence-electron chi connectivity index (χ4n) is 4.86. The van der Waals surface area contributed by atoms with Crippen LogP contribution >= 0.6 is 0 Å². The number of rotatable bonds is 5. The number of H-pyrrole nitrogens is 1. The lowest BCUT2D eigenvalue weighted by Gasteiger charge is -2.40. The molecule has 0 saturated heterocycles. The van der Waals surface area contributed by atoms with Crippen LogP contribution in [0.4, 0.5) is 10.1 Å². The van der Waals surface area contributed by atoms with Gasteiger partial charge >= 0.3 is 10.2 Å². The first-order valence-electron chi connectivity index (χ1n) is 11.4. The molecule has 2 aromatic carbocycles. The maximum absolute atomic E-state index is 13.6. The molecule has 0 fully saturated rings. The Morgan fingerprint density at radius 3 is 2.73 bits per heavy atom. The van der Waals surface area contributed by atoms with E-state index in [1.807, 2.05) is 50.4 Å². The Morgan fingerprint density at radius 1 is 1.09 bits per heavy atom. The fraction of sp³-hybridized carbons (Fsp3) is 0.360. The van der Waals surface area contributed by atoms with E-state index in [0.29, 0.717) is 19.6 Å². The average molecular weight is 469 g/mol. The molecule has 8 heteroatoms. The molecule has 3 aromatic rings. The van der Waals surface area contributed by atoms with Crippen LogP contribution in [-0.2, 0) is 16.8 Å². The number of halogens is 1. The van der Waals surface area contributed by atoms with Gasteiger partial charge in [-0.1, -0.05) is 24.3 Å². The first-order valence-corrected chi connectivity index (χ1v) is 12.8. The summed E-state index contributed by atoms with van der Waals surface area (Å²) in [4.78, 5) is 5.47. The van der Waals surface area contributed by atoms with Gasteiger partial charge in [-0.05, 0) is 55.7 Å². The molecule has 1 aromatic heterocycles. The Hall–Kier alpha value is -2.68. The summed E-state index contributed by atoms with van der Waals surface area (Å²) in [6.45, 7) is 6.88. The number of hydrogen-bond acceptors (Lipinski definition) is 3. The van der Waals surface area contributed by atoms with Gasteiger partial charge in [0.15, 0.2) is 0 Å². The zero-order valence-electron chi connectivity index (χ0n) is 19.0. The summed E-state index contributed by atoms with van der Waals surface area (Å²) in [5.41, 5.74) is 4.86. The van der Waals surface area contributed by atoms with Crippen LogP contribution in [0, 0.1) is 5.82 Å². The molecule has 0 spiro atoms. The number of hydrogen-bond donors (Lipinski definition) is 1. The first-order chi connectivity index (χ1) is 15.8. The molecule has 0 saturated carbocycles. The van der Waals surface area contributed by atoms with Crippen molar-refractivity contribution >= 4 is 32.4 Å². The highest BCUT2D eigenvalue weighted by molar-refractivity contribution is 7.90. The normalized spacial score (nSPS) is 19.2. The Balaban J connectivity index is 1.35. The number of anilines is 1. The number of aromatic amines is 1. The third-order valence-corrected chi connectivity index (χ3v) is 8.66. The molecule has 1 N–H and O–H groups in total. The van der Waals surface area contributed by atoms with Gasteiger partial charge in [-0.25, -0.2) is 4.39 Å². The number of nitrogens with zero attached hydrogens (tertiary/aromatic N) is 3. The van der Waals surface area contributed by atoms with Crippen molar-refractivity contribution in [2.45, 2.75) is 32.9 Å². The summed E-state index contributed by atoms with van der Waals surface area (Å²) in [7, 11) is -3.58. The van der Waals surface area contributed by atoms with E-state index in [1.54, 1.807) is 8.61 Å². The van der Waals surface area contributed by atoms with Gasteiger partial charge in [0.1, 0.15) is 5.82 Å². The van der Waals surface area contributed by atoms with Crippen LogP contribution in [-0.4, -0.2) is 54.8 Å².